The summed E-state index contributed by atoms with van der Waals surface area (Å²) in [6, 6.07) is 19.0. The maximum atomic E-state index is 12.5. The fourth-order valence-corrected chi connectivity index (χ4v) is 2.85. The maximum Gasteiger partial charge on any atom is 0.257 e. The molecule has 0 aliphatic carbocycles. The molecule has 0 aliphatic rings. The van der Waals surface area contributed by atoms with Gasteiger partial charge >= 0.3 is 0 Å². The molecular formula is C21H18N4O2. The van der Waals surface area contributed by atoms with E-state index in [1.54, 1.807) is 49.8 Å². The first-order valence-electron chi connectivity index (χ1n) is 8.54. The van der Waals surface area contributed by atoms with Crippen LogP contribution in [0.25, 0.3) is 11.0 Å². The minimum atomic E-state index is -0.217. The topological polar surface area (TPSA) is 69.0 Å². The fraction of sp³-hybridized carbons (Fsp3) is 0.0952. The number of hydrogen-bond acceptors (Lipinski definition) is 4. The third kappa shape index (κ3) is 3.64. The molecule has 0 saturated heterocycles. The molecule has 4 aromatic rings. The number of carbonyl (C=O) groups is 1. The summed E-state index contributed by atoms with van der Waals surface area (Å²) in [7, 11) is 1.60. The van der Waals surface area contributed by atoms with E-state index in [0.717, 1.165) is 22.3 Å². The average molecular weight is 358 g/mol. The lowest BCUT2D eigenvalue weighted by Gasteiger charge is -2.07. The number of carbonyl (C=O) groups excluding carboxylic acids is 1. The van der Waals surface area contributed by atoms with Gasteiger partial charge in [-0.05, 0) is 35.9 Å². The molecule has 2 aromatic heterocycles. The normalized spacial score (nSPS) is 10.7. The first-order chi connectivity index (χ1) is 13.2. The predicted octanol–water partition coefficient (Wildman–Crippen LogP) is 3.74. The molecule has 1 N–H and O–H groups in total. The van der Waals surface area contributed by atoms with Crippen molar-refractivity contribution >= 4 is 22.6 Å². The van der Waals surface area contributed by atoms with Gasteiger partial charge in [0.15, 0.2) is 5.65 Å². The highest BCUT2D eigenvalue weighted by molar-refractivity contribution is 6.05. The maximum absolute atomic E-state index is 12.5. The summed E-state index contributed by atoms with van der Waals surface area (Å²) in [6.45, 7) is 0.634. The monoisotopic (exact) mass is 358 g/mol. The number of amides is 1. The number of ether oxygens (including phenoxy) is 1. The average Bonchev–Trinajstić information content (AvgIpc) is 3.11. The van der Waals surface area contributed by atoms with Crippen LogP contribution in [0.3, 0.4) is 0 Å². The Balaban J connectivity index is 1.53. The molecule has 0 aliphatic heterocycles. The van der Waals surface area contributed by atoms with E-state index in [0.29, 0.717) is 17.8 Å². The summed E-state index contributed by atoms with van der Waals surface area (Å²) in [5, 5.41) is 8.09. The molecule has 4 rings (SSSR count). The number of aromatic nitrogens is 3. The summed E-state index contributed by atoms with van der Waals surface area (Å²) in [4.78, 5) is 16.9. The van der Waals surface area contributed by atoms with Crippen LogP contribution >= 0.6 is 0 Å². The molecule has 134 valence electrons. The summed E-state index contributed by atoms with van der Waals surface area (Å²) >= 11 is 0. The molecule has 6 nitrogen and oxygen atoms in total. The Kier molecular flexibility index (Phi) is 4.53. The molecule has 0 fully saturated rings. The van der Waals surface area contributed by atoms with Crippen molar-refractivity contribution < 1.29 is 9.53 Å². The Morgan fingerprint density at radius 1 is 1.07 bits per heavy atom. The van der Waals surface area contributed by atoms with Crippen molar-refractivity contribution in [3.05, 3.63) is 84.2 Å². The molecule has 2 aromatic carbocycles. The van der Waals surface area contributed by atoms with Gasteiger partial charge in [0, 0.05) is 17.3 Å². The lowest BCUT2D eigenvalue weighted by atomic mass is 10.2. The van der Waals surface area contributed by atoms with E-state index in [1.165, 1.54) is 0 Å². The number of nitrogens with zero attached hydrogens (tertiary/aromatic N) is 3. The molecular weight excluding hydrogens is 340 g/mol. The van der Waals surface area contributed by atoms with Crippen LogP contribution in [-0.2, 0) is 6.54 Å². The van der Waals surface area contributed by atoms with Gasteiger partial charge in [-0.2, -0.15) is 5.10 Å². The van der Waals surface area contributed by atoms with Crippen LogP contribution in [-0.4, -0.2) is 27.8 Å². The lowest BCUT2D eigenvalue weighted by Crippen LogP contribution is -2.12. The first kappa shape index (κ1) is 16.8. The molecule has 6 heteroatoms. The van der Waals surface area contributed by atoms with Crippen molar-refractivity contribution in [2.75, 3.05) is 12.4 Å². The second-order valence-electron chi connectivity index (χ2n) is 6.11. The van der Waals surface area contributed by atoms with Gasteiger partial charge in [-0.3, -0.25) is 4.79 Å². The Bertz CT molecular complexity index is 1070. The largest absolute Gasteiger partial charge is 0.497 e. The summed E-state index contributed by atoms with van der Waals surface area (Å²) in [5.41, 5.74) is 3.07. The zero-order valence-electron chi connectivity index (χ0n) is 14.8. The number of benzene rings is 2. The van der Waals surface area contributed by atoms with Crippen LogP contribution in [0.2, 0.25) is 0 Å². The second-order valence-corrected chi connectivity index (χ2v) is 6.11. The quantitative estimate of drug-likeness (QED) is 0.590. The van der Waals surface area contributed by atoms with Crippen molar-refractivity contribution in [3.8, 4) is 5.75 Å². The van der Waals surface area contributed by atoms with E-state index in [4.69, 9.17) is 4.74 Å². The standard InChI is InChI=1S/C21H18N4O2/c1-27-19-9-7-18(8-10-19)24-21(26)17-11-16-13-23-25(20(16)22-12-17)14-15-5-3-2-4-6-15/h2-13H,14H2,1H3,(H,24,26). The predicted molar refractivity (Wildman–Crippen MR) is 104 cm³/mol. The van der Waals surface area contributed by atoms with E-state index in [9.17, 15) is 4.79 Å². The first-order valence-corrected chi connectivity index (χ1v) is 8.54. The number of rotatable bonds is 5. The summed E-state index contributed by atoms with van der Waals surface area (Å²) < 4.78 is 6.95. The van der Waals surface area contributed by atoms with Crippen LogP contribution in [0.5, 0.6) is 5.75 Å². The smallest absolute Gasteiger partial charge is 0.257 e. The highest BCUT2D eigenvalue weighted by Gasteiger charge is 2.11. The van der Waals surface area contributed by atoms with Gasteiger partial charge in [0.05, 0.1) is 25.4 Å². The van der Waals surface area contributed by atoms with Gasteiger partial charge in [0.1, 0.15) is 5.75 Å². The molecule has 0 bridgehead atoms. The van der Waals surface area contributed by atoms with Crippen LogP contribution < -0.4 is 10.1 Å². The Morgan fingerprint density at radius 3 is 2.59 bits per heavy atom. The highest BCUT2D eigenvalue weighted by atomic mass is 16.5. The number of anilines is 1. The summed E-state index contributed by atoms with van der Waals surface area (Å²) in [5.74, 6) is 0.521. The number of methoxy groups -OCH3 is 1. The fourth-order valence-electron chi connectivity index (χ4n) is 2.85. The van der Waals surface area contributed by atoms with Crippen molar-refractivity contribution in [2.24, 2.45) is 0 Å². The molecule has 0 atom stereocenters. The number of fused-ring (bicyclic) bond motifs is 1. The minimum absolute atomic E-state index is 0.217. The number of nitrogens with one attached hydrogen (secondary N) is 1. The van der Waals surface area contributed by atoms with Gasteiger partial charge in [-0.1, -0.05) is 30.3 Å². The Morgan fingerprint density at radius 2 is 1.85 bits per heavy atom. The van der Waals surface area contributed by atoms with Crippen LogP contribution in [0.15, 0.2) is 73.1 Å². The van der Waals surface area contributed by atoms with Gasteiger partial charge in [-0.15, -0.1) is 0 Å². The van der Waals surface area contributed by atoms with Crippen molar-refractivity contribution in [3.63, 3.8) is 0 Å². The Labute approximate surface area is 156 Å². The van der Waals surface area contributed by atoms with E-state index >= 15 is 0 Å². The minimum Gasteiger partial charge on any atom is -0.497 e. The zero-order valence-corrected chi connectivity index (χ0v) is 14.8. The zero-order chi connectivity index (χ0) is 18.6. The Hall–Kier alpha value is -3.67. The molecule has 0 saturated carbocycles. The van der Waals surface area contributed by atoms with Crippen molar-refractivity contribution in [1.29, 1.82) is 0 Å². The van der Waals surface area contributed by atoms with E-state index in [-0.39, 0.29) is 5.91 Å². The third-order valence-corrected chi connectivity index (χ3v) is 4.26. The lowest BCUT2D eigenvalue weighted by molar-refractivity contribution is 0.102. The van der Waals surface area contributed by atoms with Crippen molar-refractivity contribution in [2.45, 2.75) is 6.54 Å². The van der Waals surface area contributed by atoms with E-state index < -0.39 is 0 Å². The number of hydrogen-bond donors (Lipinski definition) is 1. The summed E-state index contributed by atoms with van der Waals surface area (Å²) in [6.07, 6.45) is 3.31. The molecule has 2 heterocycles. The van der Waals surface area contributed by atoms with Crippen LogP contribution in [0.4, 0.5) is 5.69 Å². The second kappa shape index (κ2) is 7.29. The molecule has 0 unspecified atom stereocenters. The van der Waals surface area contributed by atoms with Crippen LogP contribution in [0.1, 0.15) is 15.9 Å². The van der Waals surface area contributed by atoms with Gasteiger partial charge in [-0.25, -0.2) is 9.67 Å². The van der Waals surface area contributed by atoms with E-state index in [2.05, 4.69) is 15.4 Å². The molecule has 27 heavy (non-hydrogen) atoms. The van der Waals surface area contributed by atoms with Gasteiger partial charge in [0.2, 0.25) is 0 Å². The molecule has 0 radical (unpaired) electrons. The van der Waals surface area contributed by atoms with Crippen LogP contribution in [0, 0.1) is 0 Å². The highest BCUT2D eigenvalue weighted by Crippen LogP contribution is 2.18. The van der Waals surface area contributed by atoms with E-state index in [1.807, 2.05) is 35.0 Å². The van der Waals surface area contributed by atoms with Gasteiger partial charge < -0.3 is 10.1 Å². The molecule has 1 amide bonds. The van der Waals surface area contributed by atoms with Gasteiger partial charge in [0.25, 0.3) is 5.91 Å². The SMILES string of the molecule is COc1ccc(NC(=O)c2cnc3c(cnn3Cc3ccccc3)c2)cc1. The van der Waals surface area contributed by atoms with Crippen molar-refractivity contribution in [1.82, 2.24) is 14.8 Å². The number of pyridine rings is 1. The third-order valence-electron chi connectivity index (χ3n) is 4.26. The molecule has 0 spiro atoms.